The third-order valence-electron chi connectivity index (χ3n) is 1.31. The molecule has 4 amide bonds. The summed E-state index contributed by atoms with van der Waals surface area (Å²) in [6.45, 7) is 1.46. The maximum atomic E-state index is 11.2. The van der Waals surface area contributed by atoms with E-state index >= 15 is 0 Å². The summed E-state index contributed by atoms with van der Waals surface area (Å²) < 4.78 is 0. The molecular weight excluding hydrogens is 188 g/mol. The average molecular weight is 202 g/mol. The highest BCUT2D eigenvalue weighted by molar-refractivity contribution is 5.87. The van der Waals surface area contributed by atoms with E-state index in [4.69, 9.17) is 11.5 Å². The summed E-state index contributed by atoms with van der Waals surface area (Å²) in [7, 11) is 0. The van der Waals surface area contributed by atoms with Gasteiger partial charge in [-0.05, 0) is 6.92 Å². The van der Waals surface area contributed by atoms with Crippen LogP contribution in [0.3, 0.4) is 0 Å². The summed E-state index contributed by atoms with van der Waals surface area (Å²) in [5, 5.41) is 2.43. The van der Waals surface area contributed by atoms with Crippen molar-refractivity contribution in [1.82, 2.24) is 10.2 Å². The molecule has 5 N–H and O–H groups in total. The van der Waals surface area contributed by atoms with Crippen molar-refractivity contribution in [3.63, 3.8) is 0 Å². The minimum Gasteiger partial charge on any atom is -0.368 e. The Labute approximate surface area is 81.4 Å². The quantitative estimate of drug-likeness (QED) is 0.477. The number of carbonyl (C=O) groups excluding carboxylic acids is 3. The van der Waals surface area contributed by atoms with E-state index in [2.05, 4.69) is 5.32 Å². The van der Waals surface area contributed by atoms with Crippen molar-refractivity contribution in [3.8, 4) is 0 Å². The van der Waals surface area contributed by atoms with Crippen LogP contribution in [0.15, 0.2) is 0 Å². The average Bonchev–Trinajstić information content (AvgIpc) is 2.01. The SMILES string of the molecule is CCNC(=O)N(CC(N)=O)CC(N)=O. The number of nitrogens with zero attached hydrogens (tertiary/aromatic N) is 1. The molecule has 0 saturated heterocycles. The summed E-state index contributed by atoms with van der Waals surface area (Å²) >= 11 is 0. The van der Waals surface area contributed by atoms with Crippen molar-refractivity contribution in [2.24, 2.45) is 11.5 Å². The lowest BCUT2D eigenvalue weighted by Gasteiger charge is -2.19. The van der Waals surface area contributed by atoms with E-state index in [0.717, 1.165) is 4.90 Å². The van der Waals surface area contributed by atoms with E-state index in [9.17, 15) is 14.4 Å². The van der Waals surface area contributed by atoms with Crippen LogP contribution in [0.2, 0.25) is 0 Å². The van der Waals surface area contributed by atoms with Crippen molar-refractivity contribution in [3.05, 3.63) is 0 Å². The molecule has 0 aromatic carbocycles. The second kappa shape index (κ2) is 5.79. The number of hydrogen-bond acceptors (Lipinski definition) is 3. The summed E-state index contributed by atoms with van der Waals surface area (Å²) in [6, 6.07) is -0.537. The van der Waals surface area contributed by atoms with Crippen molar-refractivity contribution >= 4 is 17.8 Å². The van der Waals surface area contributed by atoms with Gasteiger partial charge in [-0.25, -0.2) is 4.79 Å². The number of urea groups is 1. The zero-order chi connectivity index (χ0) is 11.1. The van der Waals surface area contributed by atoms with Gasteiger partial charge in [0.1, 0.15) is 13.1 Å². The Balaban J connectivity index is 4.29. The number of primary amides is 2. The topological polar surface area (TPSA) is 119 Å². The van der Waals surface area contributed by atoms with Crippen molar-refractivity contribution in [2.45, 2.75) is 6.92 Å². The van der Waals surface area contributed by atoms with E-state index in [1.54, 1.807) is 6.92 Å². The van der Waals surface area contributed by atoms with Gasteiger partial charge >= 0.3 is 6.03 Å². The molecule has 0 heterocycles. The maximum Gasteiger partial charge on any atom is 0.318 e. The molecule has 0 aliphatic heterocycles. The number of nitrogens with one attached hydrogen (secondary N) is 1. The molecule has 0 aromatic heterocycles. The van der Waals surface area contributed by atoms with Gasteiger partial charge in [0.2, 0.25) is 11.8 Å². The molecule has 0 aliphatic rings. The fourth-order valence-electron chi connectivity index (χ4n) is 0.839. The lowest BCUT2D eigenvalue weighted by molar-refractivity contribution is -0.120. The van der Waals surface area contributed by atoms with Crippen LogP contribution < -0.4 is 16.8 Å². The first kappa shape index (κ1) is 12.2. The molecule has 0 aliphatic carbocycles. The monoisotopic (exact) mass is 202 g/mol. The van der Waals surface area contributed by atoms with Gasteiger partial charge in [-0.3, -0.25) is 9.59 Å². The zero-order valence-corrected chi connectivity index (χ0v) is 7.95. The van der Waals surface area contributed by atoms with Crippen molar-refractivity contribution < 1.29 is 14.4 Å². The molecule has 7 nitrogen and oxygen atoms in total. The fourth-order valence-corrected chi connectivity index (χ4v) is 0.839. The second-order valence-corrected chi connectivity index (χ2v) is 2.62. The van der Waals surface area contributed by atoms with Gasteiger partial charge in [0.05, 0.1) is 0 Å². The lowest BCUT2D eigenvalue weighted by atomic mass is 10.4. The molecule has 0 fully saturated rings. The summed E-state index contributed by atoms with van der Waals surface area (Å²) in [6.07, 6.45) is 0. The first-order chi connectivity index (χ1) is 6.47. The Hall–Kier alpha value is -1.79. The van der Waals surface area contributed by atoms with Crippen LogP contribution in [0, 0.1) is 0 Å². The standard InChI is InChI=1S/C7H14N4O3/c1-2-10-7(14)11(3-5(8)12)4-6(9)13/h2-4H2,1H3,(H2,8,12)(H2,9,13)(H,10,14). The molecule has 0 atom stereocenters. The van der Waals surface area contributed by atoms with Crippen molar-refractivity contribution in [1.29, 1.82) is 0 Å². The Morgan fingerprint density at radius 3 is 1.86 bits per heavy atom. The van der Waals surface area contributed by atoms with Crippen LogP contribution >= 0.6 is 0 Å². The Kier molecular flexibility index (Phi) is 5.05. The van der Waals surface area contributed by atoms with E-state index < -0.39 is 17.8 Å². The number of hydrogen-bond donors (Lipinski definition) is 3. The Morgan fingerprint density at radius 2 is 1.57 bits per heavy atom. The van der Waals surface area contributed by atoms with Gasteiger partial charge in [-0.1, -0.05) is 0 Å². The third kappa shape index (κ3) is 4.96. The van der Waals surface area contributed by atoms with Gasteiger partial charge in [-0.15, -0.1) is 0 Å². The van der Waals surface area contributed by atoms with Crippen LogP contribution in [0.4, 0.5) is 4.79 Å². The molecule has 0 saturated carbocycles. The molecule has 0 aromatic rings. The minimum absolute atomic E-state index is 0.325. The summed E-state index contributed by atoms with van der Waals surface area (Å²) in [5.41, 5.74) is 9.78. The summed E-state index contributed by atoms with van der Waals surface area (Å²) in [5.74, 6) is -1.39. The Bertz CT molecular complexity index is 225. The molecule has 0 radical (unpaired) electrons. The number of rotatable bonds is 5. The van der Waals surface area contributed by atoms with Crippen LogP contribution in [0.5, 0.6) is 0 Å². The van der Waals surface area contributed by atoms with E-state index in [0.29, 0.717) is 6.54 Å². The van der Waals surface area contributed by atoms with Crippen LogP contribution in [-0.4, -0.2) is 42.4 Å². The first-order valence-corrected chi connectivity index (χ1v) is 4.06. The molecule has 0 unspecified atom stereocenters. The summed E-state index contributed by atoms with van der Waals surface area (Å²) in [4.78, 5) is 33.3. The van der Waals surface area contributed by atoms with Crippen LogP contribution in [-0.2, 0) is 9.59 Å². The highest BCUT2D eigenvalue weighted by Gasteiger charge is 2.16. The van der Waals surface area contributed by atoms with Gasteiger partial charge in [0.25, 0.3) is 0 Å². The zero-order valence-electron chi connectivity index (χ0n) is 7.95. The minimum atomic E-state index is -0.697. The predicted octanol–water partition coefficient (Wildman–Crippen LogP) is -2.01. The lowest BCUT2D eigenvalue weighted by Crippen LogP contribution is -2.47. The first-order valence-electron chi connectivity index (χ1n) is 4.06. The van der Waals surface area contributed by atoms with E-state index in [1.807, 2.05) is 0 Å². The van der Waals surface area contributed by atoms with Gasteiger partial charge in [0, 0.05) is 6.54 Å². The fraction of sp³-hybridized carbons (Fsp3) is 0.571. The maximum absolute atomic E-state index is 11.2. The molecular formula is C7H14N4O3. The van der Waals surface area contributed by atoms with Gasteiger partial charge in [-0.2, -0.15) is 0 Å². The normalized spacial score (nSPS) is 9.21. The van der Waals surface area contributed by atoms with Crippen LogP contribution in [0.1, 0.15) is 6.92 Å². The molecule has 7 heteroatoms. The highest BCUT2D eigenvalue weighted by atomic mass is 16.2. The molecule has 0 rings (SSSR count). The van der Waals surface area contributed by atoms with E-state index in [1.165, 1.54) is 0 Å². The number of nitrogens with two attached hydrogens (primary N) is 2. The molecule has 14 heavy (non-hydrogen) atoms. The molecule has 0 spiro atoms. The number of amides is 4. The second-order valence-electron chi connectivity index (χ2n) is 2.62. The van der Waals surface area contributed by atoms with Gasteiger partial charge < -0.3 is 21.7 Å². The molecule has 80 valence electrons. The molecule has 0 bridgehead atoms. The van der Waals surface area contributed by atoms with Crippen molar-refractivity contribution in [2.75, 3.05) is 19.6 Å². The van der Waals surface area contributed by atoms with E-state index in [-0.39, 0.29) is 13.1 Å². The van der Waals surface area contributed by atoms with Gasteiger partial charge in [0.15, 0.2) is 0 Å². The van der Waals surface area contributed by atoms with Crippen LogP contribution in [0.25, 0.3) is 0 Å². The number of carbonyl (C=O) groups is 3. The largest absolute Gasteiger partial charge is 0.368 e. The third-order valence-corrected chi connectivity index (χ3v) is 1.31. The smallest absolute Gasteiger partial charge is 0.318 e. The Morgan fingerprint density at radius 1 is 1.14 bits per heavy atom. The highest BCUT2D eigenvalue weighted by Crippen LogP contribution is 1.88. The predicted molar refractivity (Wildman–Crippen MR) is 49.0 cm³/mol.